The molecule has 1 amide bonds. The van der Waals surface area contributed by atoms with Gasteiger partial charge in [-0.25, -0.2) is 0 Å². The zero-order chi connectivity index (χ0) is 42.1. The first kappa shape index (κ1) is 54.9. The molecule has 0 aliphatic rings. The number of aliphatic hydroxyl groups excluding tert-OH is 1. The van der Waals surface area contributed by atoms with Crippen LogP contribution in [0.3, 0.4) is 0 Å². The molecule has 0 aliphatic heterocycles. The molecular weight excluding hydrogens is 732 g/mol. The third-order valence-corrected chi connectivity index (χ3v) is 10.6. The number of hydrogen-bond acceptors (Lipinski definition) is 6. The van der Waals surface area contributed by atoms with Crippen LogP contribution >= 0.6 is 7.82 Å². The van der Waals surface area contributed by atoms with Gasteiger partial charge < -0.3 is 28.8 Å². The van der Waals surface area contributed by atoms with Gasteiger partial charge in [-0.15, -0.1) is 0 Å². The van der Waals surface area contributed by atoms with Crippen molar-refractivity contribution in [2.24, 2.45) is 0 Å². The number of nitrogens with one attached hydrogen (secondary N) is 1. The van der Waals surface area contributed by atoms with Crippen molar-refractivity contribution in [3.63, 3.8) is 0 Å². The lowest BCUT2D eigenvalue weighted by Gasteiger charge is -2.29. The second kappa shape index (κ2) is 39.4. The zero-order valence-corrected chi connectivity index (χ0v) is 38.2. The van der Waals surface area contributed by atoms with Crippen LogP contribution < -0.4 is 10.2 Å². The Hall–Kier alpha value is -2.06. The second-order valence-corrected chi connectivity index (χ2v) is 17.8. The number of carbonyl (C=O) groups excluding carboxylic acids is 1. The number of hydrogen-bond donors (Lipinski definition) is 2. The van der Waals surface area contributed by atoms with Crippen molar-refractivity contribution in [1.29, 1.82) is 0 Å². The van der Waals surface area contributed by atoms with E-state index in [0.29, 0.717) is 17.4 Å². The van der Waals surface area contributed by atoms with Crippen molar-refractivity contribution in [2.75, 3.05) is 40.9 Å². The van der Waals surface area contributed by atoms with E-state index in [4.69, 9.17) is 9.05 Å². The molecule has 0 heterocycles. The molecule has 0 aromatic heterocycles. The standard InChI is InChI=1S/C48H87N2O6P/c1-6-8-10-12-13-14-15-16-17-18-19-20-21-22-23-24-25-26-27-28-29-30-31-32-33-34-35-36-37-38-40-42-48(52)49-46(47(51)41-39-11-9-7-2)45-56-57(53,54)55-44-43-50(3,4)5/h8,10,13-14,16-17,19-20,22-23,39,41,46-47,51H,6-7,9,11-12,15,18,21,24-38,40,42-45H2,1-5H3,(H-,49,52,53,54)/b10-8-,14-13-,17-16-,20-19-,23-22-,41-39+. The molecule has 0 fully saturated rings. The van der Waals surface area contributed by atoms with E-state index in [1.807, 2.05) is 27.2 Å². The van der Waals surface area contributed by atoms with Gasteiger partial charge in [0.25, 0.3) is 7.82 Å². The monoisotopic (exact) mass is 819 g/mol. The molecule has 0 aliphatic carbocycles. The summed E-state index contributed by atoms with van der Waals surface area (Å²) < 4.78 is 22.9. The van der Waals surface area contributed by atoms with Crippen LogP contribution in [0.4, 0.5) is 0 Å². The summed E-state index contributed by atoms with van der Waals surface area (Å²) in [7, 11) is 1.25. The molecule has 8 nitrogen and oxygen atoms in total. The second-order valence-electron chi connectivity index (χ2n) is 16.4. The molecule has 0 saturated carbocycles. The first-order valence-electron chi connectivity index (χ1n) is 22.8. The van der Waals surface area contributed by atoms with Crippen LogP contribution in [0.5, 0.6) is 0 Å². The normalized spacial score (nSPS) is 15.0. The number of nitrogens with zero attached hydrogens (tertiary/aromatic N) is 1. The van der Waals surface area contributed by atoms with Gasteiger partial charge in [-0.05, 0) is 57.8 Å². The van der Waals surface area contributed by atoms with Crippen LogP contribution in [0, 0.1) is 0 Å². The Kier molecular flexibility index (Phi) is 38.0. The molecule has 0 bridgehead atoms. The smallest absolute Gasteiger partial charge is 0.268 e. The van der Waals surface area contributed by atoms with E-state index in [9.17, 15) is 19.4 Å². The number of carbonyl (C=O) groups is 1. The van der Waals surface area contributed by atoms with E-state index < -0.39 is 20.0 Å². The number of aliphatic hydroxyl groups is 1. The Morgan fingerprint density at radius 2 is 1.07 bits per heavy atom. The first-order chi connectivity index (χ1) is 27.5. The van der Waals surface area contributed by atoms with Crippen molar-refractivity contribution in [2.45, 2.75) is 187 Å². The lowest BCUT2D eigenvalue weighted by Crippen LogP contribution is -2.45. The van der Waals surface area contributed by atoms with Crippen LogP contribution in [0.2, 0.25) is 0 Å². The number of likely N-dealkylation sites (N-methyl/N-ethyl adjacent to an activating group) is 1. The van der Waals surface area contributed by atoms with Crippen molar-refractivity contribution >= 4 is 13.7 Å². The molecule has 0 aromatic rings. The third kappa shape index (κ3) is 41.9. The predicted molar refractivity (Wildman–Crippen MR) is 242 cm³/mol. The molecule has 0 radical (unpaired) electrons. The Balaban J connectivity index is 3.87. The van der Waals surface area contributed by atoms with Crippen LogP contribution in [-0.4, -0.2) is 68.5 Å². The molecule has 0 saturated heterocycles. The number of phosphoric acid groups is 1. The SMILES string of the molecule is CC/C=C\C/C=C\C/C=C\C/C=C\C/C=C\CCCCCCCCCCCCCCCCCC(=O)NC(COP(=O)([O-])OCC[N+](C)(C)C)C(O)/C=C/CCCC. The summed E-state index contributed by atoms with van der Waals surface area (Å²) in [6, 6.07) is -0.884. The maximum absolute atomic E-state index is 12.7. The third-order valence-electron chi connectivity index (χ3n) is 9.67. The van der Waals surface area contributed by atoms with E-state index in [-0.39, 0.29) is 19.1 Å². The molecule has 2 N–H and O–H groups in total. The summed E-state index contributed by atoms with van der Waals surface area (Å²) >= 11 is 0. The minimum absolute atomic E-state index is 0.00452. The Labute approximate surface area is 351 Å². The highest BCUT2D eigenvalue weighted by molar-refractivity contribution is 7.45. The lowest BCUT2D eigenvalue weighted by atomic mass is 10.0. The van der Waals surface area contributed by atoms with E-state index in [2.05, 4.69) is 79.9 Å². The molecule has 3 atom stereocenters. The van der Waals surface area contributed by atoms with Crippen LogP contribution in [-0.2, 0) is 18.4 Å². The van der Waals surface area contributed by atoms with Crippen molar-refractivity contribution in [3.8, 4) is 0 Å². The minimum Gasteiger partial charge on any atom is -0.756 e. The van der Waals surface area contributed by atoms with Gasteiger partial charge in [-0.1, -0.05) is 183 Å². The highest BCUT2D eigenvalue weighted by atomic mass is 31.2. The summed E-state index contributed by atoms with van der Waals surface area (Å²) in [6.07, 6.45) is 53.2. The van der Waals surface area contributed by atoms with E-state index in [0.717, 1.165) is 70.6 Å². The maximum Gasteiger partial charge on any atom is 0.268 e. The summed E-state index contributed by atoms with van der Waals surface area (Å²) in [5.41, 5.74) is 0. The maximum atomic E-state index is 12.7. The van der Waals surface area contributed by atoms with Crippen LogP contribution in [0.1, 0.15) is 174 Å². The van der Waals surface area contributed by atoms with E-state index in [1.54, 1.807) is 6.08 Å². The molecule has 0 rings (SSSR count). The average molecular weight is 819 g/mol. The lowest BCUT2D eigenvalue weighted by molar-refractivity contribution is -0.870. The van der Waals surface area contributed by atoms with Gasteiger partial charge in [0.15, 0.2) is 0 Å². The van der Waals surface area contributed by atoms with Gasteiger partial charge in [-0.2, -0.15) is 0 Å². The van der Waals surface area contributed by atoms with Crippen molar-refractivity contribution in [3.05, 3.63) is 72.9 Å². The van der Waals surface area contributed by atoms with Gasteiger partial charge in [-0.3, -0.25) is 9.36 Å². The molecule has 57 heavy (non-hydrogen) atoms. The van der Waals surface area contributed by atoms with E-state index >= 15 is 0 Å². The molecule has 0 spiro atoms. The highest BCUT2D eigenvalue weighted by Gasteiger charge is 2.23. The fraction of sp³-hybridized carbons (Fsp3) is 0.729. The number of amides is 1. The number of rotatable bonds is 40. The summed E-state index contributed by atoms with van der Waals surface area (Å²) in [5.74, 6) is -0.211. The minimum atomic E-state index is -4.57. The predicted octanol–water partition coefficient (Wildman–Crippen LogP) is 12.2. The molecule has 330 valence electrons. The fourth-order valence-corrected chi connectivity index (χ4v) is 6.77. The van der Waals surface area contributed by atoms with Gasteiger partial charge in [0.05, 0.1) is 39.9 Å². The number of quaternary nitrogens is 1. The van der Waals surface area contributed by atoms with Crippen molar-refractivity contribution < 1.29 is 32.9 Å². The molecule has 9 heteroatoms. The fourth-order valence-electron chi connectivity index (χ4n) is 6.05. The van der Waals surface area contributed by atoms with Gasteiger partial charge in [0.2, 0.25) is 5.91 Å². The van der Waals surface area contributed by atoms with Crippen LogP contribution in [0.25, 0.3) is 0 Å². The van der Waals surface area contributed by atoms with Crippen LogP contribution in [0.15, 0.2) is 72.9 Å². The number of unbranched alkanes of at least 4 members (excludes halogenated alkanes) is 17. The highest BCUT2D eigenvalue weighted by Crippen LogP contribution is 2.38. The summed E-state index contributed by atoms with van der Waals surface area (Å²) in [6.45, 7) is 4.36. The molecule has 0 aromatic carbocycles. The zero-order valence-electron chi connectivity index (χ0n) is 37.3. The number of phosphoric ester groups is 1. The van der Waals surface area contributed by atoms with E-state index in [1.165, 1.54) is 83.5 Å². The first-order valence-corrected chi connectivity index (χ1v) is 24.3. The Morgan fingerprint density at radius 3 is 1.54 bits per heavy atom. The largest absolute Gasteiger partial charge is 0.756 e. The number of allylic oxidation sites excluding steroid dienone is 11. The quantitative estimate of drug-likeness (QED) is 0.0276. The van der Waals surface area contributed by atoms with Gasteiger partial charge in [0, 0.05) is 6.42 Å². The van der Waals surface area contributed by atoms with Gasteiger partial charge in [0.1, 0.15) is 13.2 Å². The van der Waals surface area contributed by atoms with Crippen molar-refractivity contribution in [1.82, 2.24) is 5.32 Å². The Morgan fingerprint density at radius 1 is 0.632 bits per heavy atom. The average Bonchev–Trinajstić information content (AvgIpc) is 3.16. The molecular formula is C48H87N2O6P. The summed E-state index contributed by atoms with van der Waals surface area (Å²) in [5, 5.41) is 13.5. The molecule has 3 unspecified atom stereocenters. The Bertz CT molecular complexity index is 1160. The topological polar surface area (TPSA) is 108 Å². The van der Waals surface area contributed by atoms with Gasteiger partial charge >= 0.3 is 0 Å². The summed E-state index contributed by atoms with van der Waals surface area (Å²) in [4.78, 5) is 25.0.